The molecule has 0 spiro atoms. The van der Waals surface area contributed by atoms with Gasteiger partial charge in [0.2, 0.25) is 0 Å². The quantitative estimate of drug-likeness (QED) is 0.0486. The highest BCUT2D eigenvalue weighted by atomic mass is 32.2. The number of amides is 1. The summed E-state index contributed by atoms with van der Waals surface area (Å²) in [5.74, 6) is -0.0995. The second-order valence-electron chi connectivity index (χ2n) is 12.2. The molecule has 0 aliphatic carbocycles. The van der Waals surface area contributed by atoms with Crippen molar-refractivity contribution < 1.29 is 32.3 Å². The molecule has 1 amide bonds. The largest absolute Gasteiger partial charge is 0.493 e. The molecule has 0 unspecified atom stereocenters. The number of anilines is 1. The molecule has 0 aromatic heterocycles. The molecular formula is C42H39FNO6PS. The Kier molecular flexibility index (Phi) is 11.9. The zero-order valence-corrected chi connectivity index (χ0v) is 30.8. The third-order valence-electron chi connectivity index (χ3n) is 8.93. The van der Waals surface area contributed by atoms with Crippen molar-refractivity contribution in [2.75, 3.05) is 25.7 Å². The second-order valence-corrected chi connectivity index (χ2v) is 15.5. The molecule has 5 aromatic rings. The van der Waals surface area contributed by atoms with Crippen molar-refractivity contribution in [3.8, 4) is 28.0 Å². The highest BCUT2D eigenvalue weighted by Gasteiger charge is 2.43. The molecule has 6 rings (SSSR count). The summed E-state index contributed by atoms with van der Waals surface area (Å²) in [6.45, 7) is 2.56. The normalized spacial score (nSPS) is 16.1. The maximum absolute atomic E-state index is 13.9. The standard InChI is InChI=1S/C42H39FNO6PS/c1-4-5-27-50-39-28-33(31-15-22-36(23-16-31)51(47,48-2)49-3)17-24-37(39)41-40(26-25-38(45)32-11-18-34(43)19-12-32)52-42(46)44(41)35-20-13-30(14-21-35)29-9-7-6-8-10-29/h6-26,28,40-41H,4-5,27H2,1-3H3/b26-25+/t40-,41-/m1/s1. The van der Waals surface area contributed by atoms with Crippen LogP contribution < -0.4 is 14.9 Å². The Morgan fingerprint density at radius 1 is 0.827 bits per heavy atom. The van der Waals surface area contributed by atoms with Gasteiger partial charge in [-0.05, 0) is 89.3 Å². The van der Waals surface area contributed by atoms with E-state index < -0.39 is 24.7 Å². The van der Waals surface area contributed by atoms with Gasteiger partial charge >= 0.3 is 7.60 Å². The molecule has 1 aliphatic heterocycles. The van der Waals surface area contributed by atoms with Crippen molar-refractivity contribution in [3.63, 3.8) is 0 Å². The minimum atomic E-state index is -3.41. The van der Waals surface area contributed by atoms with Gasteiger partial charge in [-0.3, -0.25) is 19.1 Å². The van der Waals surface area contributed by atoms with Gasteiger partial charge < -0.3 is 13.8 Å². The molecule has 0 radical (unpaired) electrons. The first-order chi connectivity index (χ1) is 25.2. The number of thioether (sulfide) groups is 1. The summed E-state index contributed by atoms with van der Waals surface area (Å²) in [4.78, 5) is 28.9. The zero-order valence-electron chi connectivity index (χ0n) is 29.1. The Morgan fingerprint density at radius 2 is 1.44 bits per heavy atom. The lowest BCUT2D eigenvalue weighted by Crippen LogP contribution is -2.29. The molecule has 10 heteroatoms. The van der Waals surface area contributed by atoms with Gasteiger partial charge in [0.25, 0.3) is 5.24 Å². The number of ketones is 1. The summed E-state index contributed by atoms with van der Waals surface area (Å²) >= 11 is 1.14. The number of halogens is 1. The van der Waals surface area contributed by atoms with Gasteiger partial charge in [-0.1, -0.05) is 97.9 Å². The molecule has 5 aromatic carbocycles. The summed E-state index contributed by atoms with van der Waals surface area (Å²) < 4.78 is 43.3. The fourth-order valence-corrected chi connectivity index (χ4v) is 8.30. The van der Waals surface area contributed by atoms with Crippen LogP contribution in [0.25, 0.3) is 22.3 Å². The molecule has 266 valence electrons. The van der Waals surface area contributed by atoms with Crippen molar-refractivity contribution >= 4 is 41.4 Å². The minimum absolute atomic E-state index is 0.166. The number of benzene rings is 5. The number of ether oxygens (including phenoxy) is 1. The number of nitrogens with zero attached hydrogens (tertiary/aromatic N) is 1. The van der Waals surface area contributed by atoms with Crippen molar-refractivity contribution in [1.82, 2.24) is 0 Å². The van der Waals surface area contributed by atoms with Crippen LogP contribution in [-0.4, -0.2) is 37.1 Å². The lowest BCUT2D eigenvalue weighted by atomic mass is 9.95. The topological polar surface area (TPSA) is 82.1 Å². The highest BCUT2D eigenvalue weighted by Crippen LogP contribution is 2.49. The van der Waals surface area contributed by atoms with Crippen LogP contribution in [0, 0.1) is 5.82 Å². The van der Waals surface area contributed by atoms with E-state index in [1.807, 2.05) is 84.9 Å². The number of hydrogen-bond acceptors (Lipinski definition) is 7. The van der Waals surface area contributed by atoms with Crippen molar-refractivity contribution in [3.05, 3.63) is 150 Å². The van der Waals surface area contributed by atoms with E-state index in [1.165, 1.54) is 44.6 Å². The van der Waals surface area contributed by atoms with Crippen molar-refractivity contribution in [2.45, 2.75) is 31.1 Å². The molecule has 0 bridgehead atoms. The fraction of sp³-hybridized carbons (Fsp3) is 0.190. The first kappa shape index (κ1) is 37.0. The smallest absolute Gasteiger partial charge is 0.360 e. The molecule has 1 saturated heterocycles. The lowest BCUT2D eigenvalue weighted by Gasteiger charge is -2.29. The summed E-state index contributed by atoms with van der Waals surface area (Å²) in [5.41, 5.74) is 5.66. The van der Waals surface area contributed by atoms with E-state index >= 15 is 0 Å². The monoisotopic (exact) mass is 735 g/mol. The summed E-state index contributed by atoms with van der Waals surface area (Å²) in [5, 5.41) is -0.180. The van der Waals surface area contributed by atoms with E-state index in [-0.39, 0.29) is 11.0 Å². The summed E-state index contributed by atoms with van der Waals surface area (Å²) in [6.07, 6.45) is 4.98. The lowest BCUT2D eigenvalue weighted by molar-refractivity contribution is 0.104. The van der Waals surface area contributed by atoms with E-state index in [2.05, 4.69) is 6.92 Å². The summed E-state index contributed by atoms with van der Waals surface area (Å²) in [7, 11) is -0.708. The molecule has 2 atom stereocenters. The molecule has 0 saturated carbocycles. The van der Waals surface area contributed by atoms with Gasteiger partial charge in [0.05, 0.1) is 23.2 Å². The van der Waals surface area contributed by atoms with Gasteiger partial charge in [0, 0.05) is 31.0 Å². The van der Waals surface area contributed by atoms with E-state index in [0.29, 0.717) is 28.9 Å². The van der Waals surface area contributed by atoms with E-state index in [0.717, 1.165) is 52.4 Å². The Balaban J connectivity index is 1.41. The third kappa shape index (κ3) is 8.14. The maximum atomic E-state index is 13.9. The Hall–Kier alpha value is -4.79. The number of hydrogen-bond donors (Lipinski definition) is 0. The molecular weight excluding hydrogens is 697 g/mol. The van der Waals surface area contributed by atoms with Crippen molar-refractivity contribution in [2.24, 2.45) is 0 Å². The van der Waals surface area contributed by atoms with Crippen LogP contribution in [0.1, 0.15) is 41.7 Å². The van der Waals surface area contributed by atoms with E-state index in [9.17, 15) is 18.5 Å². The Bertz CT molecular complexity index is 2080. The summed E-state index contributed by atoms with van der Waals surface area (Å²) in [6, 6.07) is 35.8. The van der Waals surface area contributed by atoms with E-state index in [1.54, 1.807) is 23.1 Å². The van der Waals surface area contributed by atoms with E-state index in [4.69, 9.17) is 13.8 Å². The van der Waals surface area contributed by atoms with Crippen LogP contribution in [0.5, 0.6) is 5.75 Å². The highest BCUT2D eigenvalue weighted by molar-refractivity contribution is 8.15. The predicted molar refractivity (Wildman–Crippen MR) is 207 cm³/mol. The number of carbonyl (C=O) groups excluding carboxylic acids is 2. The van der Waals surface area contributed by atoms with Gasteiger partial charge in [-0.25, -0.2) is 4.39 Å². The van der Waals surface area contributed by atoms with Crippen LogP contribution in [0.15, 0.2) is 133 Å². The fourth-order valence-electron chi connectivity index (χ4n) is 6.09. The minimum Gasteiger partial charge on any atom is -0.493 e. The first-order valence-electron chi connectivity index (χ1n) is 17.0. The van der Waals surface area contributed by atoms with Crippen LogP contribution in [-0.2, 0) is 13.6 Å². The SMILES string of the molecule is CCCCOc1cc(-c2ccc(P(=O)(OC)OC)cc2)ccc1[C@@H]1[C@@H](/C=C/C(=O)c2ccc(F)cc2)SC(=O)N1c1ccc(-c2ccccc2)cc1. The molecule has 1 heterocycles. The first-order valence-corrected chi connectivity index (χ1v) is 19.4. The van der Waals surface area contributed by atoms with Crippen LogP contribution >= 0.6 is 19.4 Å². The predicted octanol–water partition coefficient (Wildman–Crippen LogP) is 10.7. The Labute approximate surface area is 308 Å². The average molecular weight is 736 g/mol. The Morgan fingerprint density at radius 3 is 2.10 bits per heavy atom. The number of carbonyl (C=O) groups is 2. The molecule has 52 heavy (non-hydrogen) atoms. The van der Waals surface area contributed by atoms with Gasteiger partial charge in [-0.2, -0.15) is 0 Å². The number of unbranched alkanes of at least 4 members (excludes halogenated alkanes) is 1. The molecule has 1 fully saturated rings. The van der Waals surface area contributed by atoms with Crippen LogP contribution in [0.4, 0.5) is 14.9 Å². The maximum Gasteiger partial charge on any atom is 0.360 e. The van der Waals surface area contributed by atoms with Crippen LogP contribution in [0.3, 0.4) is 0 Å². The number of rotatable bonds is 14. The van der Waals surface area contributed by atoms with Gasteiger partial charge in [0.1, 0.15) is 11.6 Å². The zero-order chi connectivity index (χ0) is 36.7. The van der Waals surface area contributed by atoms with Crippen molar-refractivity contribution in [1.29, 1.82) is 0 Å². The van der Waals surface area contributed by atoms with Gasteiger partial charge in [0.15, 0.2) is 5.78 Å². The van der Waals surface area contributed by atoms with Crippen LogP contribution in [0.2, 0.25) is 0 Å². The second kappa shape index (κ2) is 16.7. The third-order valence-corrected chi connectivity index (χ3v) is 11.9. The molecule has 0 N–H and O–H groups in total. The average Bonchev–Trinajstić information content (AvgIpc) is 3.52. The van der Waals surface area contributed by atoms with Gasteiger partial charge in [-0.15, -0.1) is 0 Å². The molecule has 1 aliphatic rings. The molecule has 7 nitrogen and oxygen atoms in total. The number of allylic oxidation sites excluding steroid dienone is 1.